The van der Waals surface area contributed by atoms with E-state index in [4.69, 9.17) is 10.8 Å². The van der Waals surface area contributed by atoms with Crippen LogP contribution < -0.4 is 21.7 Å². The summed E-state index contributed by atoms with van der Waals surface area (Å²) in [5, 5.41) is 15.3. The van der Waals surface area contributed by atoms with Gasteiger partial charge in [0.05, 0.1) is 7.11 Å². The molecule has 2 unspecified atom stereocenters. The van der Waals surface area contributed by atoms with E-state index in [1.165, 1.54) is 7.05 Å². The molecule has 0 aromatic carbocycles. The van der Waals surface area contributed by atoms with Gasteiger partial charge in [0.2, 0.25) is 11.8 Å². The Morgan fingerprint density at radius 3 is 2.40 bits per heavy atom. The molecular weight excluding hydrogens is 356 g/mol. The number of ether oxygens (including phenoxy) is 1. The van der Waals surface area contributed by atoms with Crippen molar-refractivity contribution in [3.8, 4) is 0 Å². The number of carboxylic acid groups (broad SMARTS) is 1. The molecular formula is C13H22N4O7S. The third kappa shape index (κ3) is 10.2. The fourth-order valence-electron chi connectivity index (χ4n) is 1.45. The monoisotopic (exact) mass is 378 g/mol. The lowest BCUT2D eigenvalue weighted by molar-refractivity contribution is -0.141. The summed E-state index contributed by atoms with van der Waals surface area (Å²) >= 11 is 0.764. The largest absolute Gasteiger partial charge is 0.480 e. The number of aliphatic carboxylic acids is 1. The average molecular weight is 378 g/mol. The average Bonchev–Trinajstić information content (AvgIpc) is 2.59. The number of thioether (sulfide) groups is 1. The molecule has 3 amide bonds. The number of carbonyl (C=O) groups is 5. The van der Waals surface area contributed by atoms with Gasteiger partial charge in [-0.1, -0.05) is 11.8 Å². The Balaban J connectivity index is 4.67. The van der Waals surface area contributed by atoms with Crippen LogP contribution in [-0.4, -0.2) is 72.6 Å². The summed E-state index contributed by atoms with van der Waals surface area (Å²) in [4.78, 5) is 56.8. The van der Waals surface area contributed by atoms with E-state index in [1.807, 2.05) is 0 Å². The molecule has 12 heteroatoms. The van der Waals surface area contributed by atoms with Crippen molar-refractivity contribution in [1.29, 1.82) is 0 Å². The van der Waals surface area contributed by atoms with Crippen LogP contribution in [0.25, 0.3) is 0 Å². The minimum absolute atomic E-state index is 0.0800. The van der Waals surface area contributed by atoms with Crippen molar-refractivity contribution in [1.82, 2.24) is 16.0 Å². The first-order valence-electron chi connectivity index (χ1n) is 7.18. The number of hydrogen-bond donors (Lipinski definition) is 5. The third-order valence-corrected chi connectivity index (χ3v) is 3.84. The van der Waals surface area contributed by atoms with Crippen molar-refractivity contribution in [3.63, 3.8) is 0 Å². The highest BCUT2D eigenvalue weighted by Crippen LogP contribution is 2.05. The number of carbonyl (C=O) groups excluding carboxylic acids is 4. The van der Waals surface area contributed by atoms with Gasteiger partial charge in [-0.05, 0) is 6.42 Å². The van der Waals surface area contributed by atoms with E-state index in [1.54, 1.807) is 0 Å². The first-order chi connectivity index (χ1) is 11.7. The summed E-state index contributed by atoms with van der Waals surface area (Å²) in [5.41, 5.74) is 5.30. The molecule has 0 aliphatic heterocycles. The van der Waals surface area contributed by atoms with E-state index in [0.717, 1.165) is 18.9 Å². The van der Waals surface area contributed by atoms with Crippen LogP contribution in [-0.2, 0) is 23.9 Å². The van der Waals surface area contributed by atoms with E-state index in [0.29, 0.717) is 0 Å². The predicted octanol–water partition coefficient (Wildman–Crippen LogP) is -1.97. The Bertz CT molecular complexity index is 515. The lowest BCUT2D eigenvalue weighted by Crippen LogP contribution is -2.50. The molecule has 0 saturated carbocycles. The van der Waals surface area contributed by atoms with E-state index in [9.17, 15) is 24.0 Å². The fourth-order valence-corrected chi connectivity index (χ4v) is 2.14. The molecule has 0 radical (unpaired) electrons. The van der Waals surface area contributed by atoms with Crippen LogP contribution in [0.2, 0.25) is 0 Å². The van der Waals surface area contributed by atoms with Crippen molar-refractivity contribution in [2.45, 2.75) is 24.9 Å². The molecule has 0 heterocycles. The topological polar surface area (TPSA) is 177 Å². The first-order valence-corrected chi connectivity index (χ1v) is 8.16. The van der Waals surface area contributed by atoms with E-state index in [2.05, 4.69) is 20.7 Å². The normalized spacial score (nSPS) is 12.4. The number of hydrogen-bond acceptors (Lipinski definition) is 8. The standard InChI is InChI=1S/C13H22N4O7S/c1-15-13(23)25-6-8(11(20)16-5-10(19)24-2)17-9(18)4-3-7(14)12(21)22/h7-8H,3-6,14H2,1-2H3,(H,15,23)(H,16,20)(H,17,18)(H,21,22). The number of esters is 1. The van der Waals surface area contributed by atoms with Crippen LogP contribution in [0, 0.1) is 0 Å². The van der Waals surface area contributed by atoms with Gasteiger partial charge < -0.3 is 31.5 Å². The molecule has 0 aliphatic carbocycles. The van der Waals surface area contributed by atoms with Gasteiger partial charge in [-0.3, -0.25) is 24.0 Å². The van der Waals surface area contributed by atoms with E-state index < -0.39 is 47.6 Å². The smallest absolute Gasteiger partial charge is 0.325 e. The Morgan fingerprint density at radius 1 is 1.24 bits per heavy atom. The minimum atomic E-state index is -1.24. The van der Waals surface area contributed by atoms with Crippen LogP contribution in [0.1, 0.15) is 12.8 Å². The third-order valence-electron chi connectivity index (χ3n) is 2.87. The number of carboxylic acids is 1. The van der Waals surface area contributed by atoms with Crippen LogP contribution in [0.4, 0.5) is 4.79 Å². The number of nitrogens with two attached hydrogens (primary N) is 1. The van der Waals surface area contributed by atoms with Crippen LogP contribution in [0.5, 0.6) is 0 Å². The zero-order chi connectivity index (χ0) is 19.4. The van der Waals surface area contributed by atoms with Gasteiger partial charge >= 0.3 is 11.9 Å². The van der Waals surface area contributed by atoms with Crippen molar-refractivity contribution in [3.05, 3.63) is 0 Å². The van der Waals surface area contributed by atoms with Crippen molar-refractivity contribution >= 4 is 40.8 Å². The van der Waals surface area contributed by atoms with Gasteiger partial charge in [0.15, 0.2) is 0 Å². The zero-order valence-corrected chi connectivity index (χ0v) is 14.7. The number of methoxy groups -OCH3 is 1. The number of amides is 3. The molecule has 0 fully saturated rings. The van der Waals surface area contributed by atoms with E-state index >= 15 is 0 Å². The summed E-state index contributed by atoms with van der Waals surface area (Å²) in [5.74, 6) is -3.28. The molecule has 0 aromatic heterocycles. The molecule has 0 saturated heterocycles. The number of nitrogens with one attached hydrogen (secondary N) is 3. The molecule has 11 nitrogen and oxygen atoms in total. The molecule has 0 rings (SSSR count). The van der Waals surface area contributed by atoms with Gasteiger partial charge in [-0.15, -0.1) is 0 Å². The molecule has 142 valence electrons. The van der Waals surface area contributed by atoms with E-state index in [-0.39, 0.29) is 18.6 Å². The summed E-state index contributed by atoms with van der Waals surface area (Å²) < 4.78 is 4.38. The highest BCUT2D eigenvalue weighted by atomic mass is 32.2. The lowest BCUT2D eigenvalue weighted by Gasteiger charge is -2.18. The van der Waals surface area contributed by atoms with Crippen LogP contribution in [0.15, 0.2) is 0 Å². The molecule has 6 N–H and O–H groups in total. The predicted molar refractivity (Wildman–Crippen MR) is 88.7 cm³/mol. The SMILES string of the molecule is CNC(=O)SCC(NC(=O)CCC(N)C(=O)O)C(=O)NCC(=O)OC. The quantitative estimate of drug-likeness (QED) is 0.270. The van der Waals surface area contributed by atoms with Gasteiger partial charge in [0.1, 0.15) is 18.6 Å². The van der Waals surface area contributed by atoms with Gasteiger partial charge in [-0.2, -0.15) is 0 Å². The molecule has 0 bridgehead atoms. The van der Waals surface area contributed by atoms with Gasteiger partial charge in [-0.25, -0.2) is 0 Å². The summed E-state index contributed by atoms with van der Waals surface area (Å²) in [6.45, 7) is -0.393. The maximum absolute atomic E-state index is 12.0. The Kier molecular flexibility index (Phi) is 11.0. The fraction of sp³-hybridized carbons (Fsp3) is 0.615. The van der Waals surface area contributed by atoms with Gasteiger partial charge in [0.25, 0.3) is 5.24 Å². The zero-order valence-electron chi connectivity index (χ0n) is 13.9. The van der Waals surface area contributed by atoms with Crippen molar-refractivity contribution < 1.29 is 33.8 Å². The molecule has 2 atom stereocenters. The second-order valence-corrected chi connectivity index (χ2v) is 5.74. The molecule has 0 aliphatic rings. The lowest BCUT2D eigenvalue weighted by atomic mass is 10.1. The second kappa shape index (κ2) is 12.1. The second-order valence-electron chi connectivity index (χ2n) is 4.75. The minimum Gasteiger partial charge on any atom is -0.480 e. The Morgan fingerprint density at radius 2 is 1.88 bits per heavy atom. The molecule has 0 spiro atoms. The van der Waals surface area contributed by atoms with Crippen LogP contribution in [0.3, 0.4) is 0 Å². The highest BCUT2D eigenvalue weighted by molar-refractivity contribution is 8.13. The summed E-state index contributed by atoms with van der Waals surface area (Å²) in [6.07, 6.45) is -0.320. The summed E-state index contributed by atoms with van der Waals surface area (Å²) in [7, 11) is 2.56. The Labute approximate surface area is 148 Å². The highest BCUT2D eigenvalue weighted by Gasteiger charge is 2.23. The van der Waals surface area contributed by atoms with Crippen LogP contribution >= 0.6 is 11.8 Å². The number of rotatable bonds is 10. The van der Waals surface area contributed by atoms with Gasteiger partial charge in [0, 0.05) is 19.2 Å². The maximum atomic E-state index is 12.0. The van der Waals surface area contributed by atoms with Crippen molar-refractivity contribution in [2.75, 3.05) is 26.5 Å². The summed E-state index contributed by atoms with van der Waals surface area (Å²) in [6, 6.07) is -2.29. The molecule has 25 heavy (non-hydrogen) atoms. The Hall–Kier alpha value is -2.34. The first kappa shape index (κ1) is 22.7. The maximum Gasteiger partial charge on any atom is 0.325 e. The van der Waals surface area contributed by atoms with Crippen molar-refractivity contribution in [2.24, 2.45) is 5.73 Å². The molecule has 0 aromatic rings.